The molecule has 0 fully saturated rings. The van der Waals surface area contributed by atoms with E-state index in [1.807, 2.05) is 6.07 Å². The maximum Gasteiger partial charge on any atom is 0.0366 e. The number of nitrogens with two attached hydrogens (primary N) is 1. The van der Waals surface area contributed by atoms with Gasteiger partial charge in [0.2, 0.25) is 0 Å². The van der Waals surface area contributed by atoms with Crippen LogP contribution in [0, 0.1) is 5.41 Å². The lowest BCUT2D eigenvalue weighted by Gasteiger charge is -2.27. The molecule has 0 aliphatic rings. The van der Waals surface area contributed by atoms with Gasteiger partial charge in [-0.1, -0.05) is 45.0 Å². The Morgan fingerprint density at radius 3 is 2.21 bits per heavy atom. The summed E-state index contributed by atoms with van der Waals surface area (Å²) < 4.78 is 0. The standard InChI is InChI=1S/C17H24N2/c1-17(2,3)12-19(4)11-15-9-13-7-5-6-8-14(13)10-16(15)18/h5-10H,11-12,18H2,1-4H3. The van der Waals surface area contributed by atoms with E-state index in [0.717, 1.165) is 18.8 Å². The number of anilines is 1. The lowest BCUT2D eigenvalue weighted by atomic mass is 9.96. The summed E-state index contributed by atoms with van der Waals surface area (Å²) in [6.07, 6.45) is 0. The highest BCUT2D eigenvalue weighted by molar-refractivity contribution is 5.86. The van der Waals surface area contributed by atoms with E-state index in [-0.39, 0.29) is 0 Å². The van der Waals surface area contributed by atoms with Crippen LogP contribution in [0.3, 0.4) is 0 Å². The van der Waals surface area contributed by atoms with Gasteiger partial charge >= 0.3 is 0 Å². The third kappa shape index (κ3) is 3.71. The minimum atomic E-state index is 0.306. The average Bonchev–Trinajstić information content (AvgIpc) is 2.27. The van der Waals surface area contributed by atoms with Crippen LogP contribution in [0.2, 0.25) is 0 Å². The van der Waals surface area contributed by atoms with Crippen molar-refractivity contribution < 1.29 is 0 Å². The van der Waals surface area contributed by atoms with Gasteiger partial charge in [-0.05, 0) is 40.9 Å². The second-order valence-corrected chi connectivity index (χ2v) is 6.63. The third-order valence-electron chi connectivity index (χ3n) is 3.19. The molecule has 2 N–H and O–H groups in total. The van der Waals surface area contributed by atoms with Crippen LogP contribution in [0.4, 0.5) is 5.69 Å². The van der Waals surface area contributed by atoms with Crippen molar-refractivity contribution in [3.63, 3.8) is 0 Å². The van der Waals surface area contributed by atoms with Gasteiger partial charge < -0.3 is 10.6 Å². The van der Waals surface area contributed by atoms with Crippen LogP contribution in [-0.4, -0.2) is 18.5 Å². The van der Waals surface area contributed by atoms with Crippen molar-refractivity contribution in [1.29, 1.82) is 0 Å². The van der Waals surface area contributed by atoms with E-state index >= 15 is 0 Å². The molecule has 0 aliphatic carbocycles. The first-order chi connectivity index (χ1) is 8.85. The Morgan fingerprint density at radius 1 is 1.05 bits per heavy atom. The zero-order valence-electron chi connectivity index (χ0n) is 12.4. The van der Waals surface area contributed by atoms with E-state index in [1.165, 1.54) is 16.3 Å². The molecule has 0 atom stereocenters. The molecule has 0 saturated carbocycles. The van der Waals surface area contributed by atoms with Gasteiger partial charge in [-0.3, -0.25) is 0 Å². The molecule has 0 saturated heterocycles. The monoisotopic (exact) mass is 256 g/mol. The van der Waals surface area contributed by atoms with E-state index in [4.69, 9.17) is 5.73 Å². The molecule has 2 nitrogen and oxygen atoms in total. The Balaban J connectivity index is 2.23. The topological polar surface area (TPSA) is 29.3 Å². The largest absolute Gasteiger partial charge is 0.398 e. The van der Waals surface area contributed by atoms with Crippen LogP contribution < -0.4 is 5.73 Å². The lowest BCUT2D eigenvalue weighted by Crippen LogP contribution is -2.29. The molecule has 0 unspecified atom stereocenters. The summed E-state index contributed by atoms with van der Waals surface area (Å²) in [5.41, 5.74) is 8.58. The molecule has 0 amide bonds. The molecule has 19 heavy (non-hydrogen) atoms. The SMILES string of the molecule is CN(Cc1cc2ccccc2cc1N)CC(C)(C)C. The second kappa shape index (κ2) is 5.22. The highest BCUT2D eigenvalue weighted by atomic mass is 15.1. The van der Waals surface area contributed by atoms with Gasteiger partial charge in [0, 0.05) is 18.8 Å². The molecule has 0 radical (unpaired) electrons. The summed E-state index contributed by atoms with van der Waals surface area (Å²) >= 11 is 0. The van der Waals surface area contributed by atoms with Crippen molar-refractivity contribution in [1.82, 2.24) is 4.90 Å². The molecule has 0 aliphatic heterocycles. The number of benzene rings is 2. The third-order valence-corrected chi connectivity index (χ3v) is 3.19. The predicted octanol–water partition coefficient (Wildman–Crippen LogP) is 3.90. The Kier molecular flexibility index (Phi) is 3.81. The molecule has 2 aromatic rings. The van der Waals surface area contributed by atoms with Gasteiger partial charge in [-0.15, -0.1) is 0 Å². The summed E-state index contributed by atoms with van der Waals surface area (Å²) in [7, 11) is 2.15. The number of hydrogen-bond donors (Lipinski definition) is 1. The van der Waals surface area contributed by atoms with E-state index < -0.39 is 0 Å². The molecule has 2 aromatic carbocycles. The van der Waals surface area contributed by atoms with Crippen LogP contribution in [0.25, 0.3) is 10.8 Å². The number of hydrogen-bond acceptors (Lipinski definition) is 2. The van der Waals surface area contributed by atoms with Crippen LogP contribution in [-0.2, 0) is 6.54 Å². The van der Waals surface area contributed by atoms with E-state index in [0.29, 0.717) is 5.41 Å². The number of fused-ring (bicyclic) bond motifs is 1. The Hall–Kier alpha value is -1.54. The molecule has 0 heterocycles. The van der Waals surface area contributed by atoms with E-state index in [2.05, 4.69) is 63.1 Å². The van der Waals surface area contributed by atoms with Gasteiger partial charge in [-0.2, -0.15) is 0 Å². The van der Waals surface area contributed by atoms with Crippen LogP contribution in [0.5, 0.6) is 0 Å². The van der Waals surface area contributed by atoms with Crippen LogP contribution in [0.1, 0.15) is 26.3 Å². The fourth-order valence-corrected chi connectivity index (χ4v) is 2.60. The van der Waals surface area contributed by atoms with E-state index in [9.17, 15) is 0 Å². The first kappa shape index (κ1) is 13.9. The van der Waals surface area contributed by atoms with Crippen molar-refractivity contribution in [2.24, 2.45) is 5.41 Å². The number of rotatable bonds is 3. The van der Waals surface area contributed by atoms with Gasteiger partial charge in [-0.25, -0.2) is 0 Å². The maximum atomic E-state index is 6.17. The molecule has 0 spiro atoms. The number of nitrogens with zero attached hydrogens (tertiary/aromatic N) is 1. The average molecular weight is 256 g/mol. The zero-order valence-corrected chi connectivity index (χ0v) is 12.4. The van der Waals surface area contributed by atoms with Gasteiger partial charge in [0.15, 0.2) is 0 Å². The zero-order chi connectivity index (χ0) is 14.0. The summed E-state index contributed by atoms with van der Waals surface area (Å²) in [6.45, 7) is 8.72. The van der Waals surface area contributed by atoms with Crippen molar-refractivity contribution in [2.75, 3.05) is 19.3 Å². The molecule has 2 rings (SSSR count). The highest BCUT2D eigenvalue weighted by Gasteiger charge is 2.14. The fourth-order valence-electron chi connectivity index (χ4n) is 2.60. The quantitative estimate of drug-likeness (QED) is 0.844. The number of nitrogen functional groups attached to an aromatic ring is 1. The maximum absolute atomic E-state index is 6.17. The Bertz CT molecular complexity index is 567. The van der Waals surface area contributed by atoms with Crippen molar-refractivity contribution >= 4 is 16.5 Å². The molecule has 102 valence electrons. The molecule has 0 bridgehead atoms. The Morgan fingerprint density at radius 2 is 1.63 bits per heavy atom. The van der Waals surface area contributed by atoms with Gasteiger partial charge in [0.05, 0.1) is 0 Å². The summed E-state index contributed by atoms with van der Waals surface area (Å²) in [6, 6.07) is 12.7. The fraction of sp³-hybridized carbons (Fsp3) is 0.412. The second-order valence-electron chi connectivity index (χ2n) is 6.63. The Labute approximate surface area is 116 Å². The van der Waals surface area contributed by atoms with Crippen molar-refractivity contribution in [2.45, 2.75) is 27.3 Å². The molecule has 2 heteroatoms. The van der Waals surface area contributed by atoms with Crippen molar-refractivity contribution in [3.8, 4) is 0 Å². The minimum Gasteiger partial charge on any atom is -0.398 e. The predicted molar refractivity (Wildman–Crippen MR) is 84.1 cm³/mol. The minimum absolute atomic E-state index is 0.306. The lowest BCUT2D eigenvalue weighted by molar-refractivity contribution is 0.221. The normalized spacial score (nSPS) is 12.3. The molecular weight excluding hydrogens is 232 g/mol. The van der Waals surface area contributed by atoms with E-state index in [1.54, 1.807) is 0 Å². The van der Waals surface area contributed by atoms with Crippen molar-refractivity contribution in [3.05, 3.63) is 42.0 Å². The first-order valence-corrected chi connectivity index (χ1v) is 6.81. The summed E-state index contributed by atoms with van der Waals surface area (Å²) in [5, 5.41) is 2.47. The first-order valence-electron chi connectivity index (χ1n) is 6.81. The smallest absolute Gasteiger partial charge is 0.0366 e. The van der Waals surface area contributed by atoms with Crippen LogP contribution >= 0.6 is 0 Å². The van der Waals surface area contributed by atoms with Gasteiger partial charge in [0.1, 0.15) is 0 Å². The summed E-state index contributed by atoms with van der Waals surface area (Å²) in [4.78, 5) is 2.33. The van der Waals surface area contributed by atoms with Gasteiger partial charge in [0.25, 0.3) is 0 Å². The highest BCUT2D eigenvalue weighted by Crippen LogP contribution is 2.24. The molecular formula is C17H24N2. The summed E-state index contributed by atoms with van der Waals surface area (Å²) in [5.74, 6) is 0. The molecule has 0 aromatic heterocycles. The van der Waals surface area contributed by atoms with Crippen LogP contribution in [0.15, 0.2) is 36.4 Å².